The third-order valence-electron chi connectivity index (χ3n) is 5.57. The lowest BCUT2D eigenvalue weighted by Gasteiger charge is -2.34. The molecule has 0 aromatic heterocycles. The van der Waals surface area contributed by atoms with Crippen molar-refractivity contribution in [3.8, 4) is 0 Å². The minimum atomic E-state index is -3.97. The lowest BCUT2D eigenvalue weighted by molar-refractivity contribution is -0.140. The van der Waals surface area contributed by atoms with Crippen LogP contribution in [0, 0.1) is 12.7 Å². The molecule has 2 heterocycles. The number of aryl methyl sites for hydroxylation is 1. The van der Waals surface area contributed by atoms with Crippen molar-refractivity contribution >= 4 is 21.8 Å². The molecule has 2 aliphatic heterocycles. The number of sulfonamides is 1. The first-order valence-electron chi connectivity index (χ1n) is 11.0. The van der Waals surface area contributed by atoms with Crippen LogP contribution in [0.2, 0.25) is 0 Å². The fraction of sp³-hybridized carbons (Fsp3) is 0.619. The summed E-state index contributed by atoms with van der Waals surface area (Å²) in [5.41, 5.74) is 0.212. The summed E-state index contributed by atoms with van der Waals surface area (Å²) in [4.78, 5) is 26.4. The SMILES string of the molecule is Cc1cc(S(=O)(=O)N2CCCOC2CNC(=O)C(=O)NCCCN2CCOCC2)ccc1F. The lowest BCUT2D eigenvalue weighted by atomic mass is 10.2. The molecule has 1 aromatic carbocycles. The molecule has 0 saturated carbocycles. The zero-order chi connectivity index (χ0) is 23.8. The molecule has 3 rings (SSSR count). The Morgan fingerprint density at radius 3 is 2.58 bits per heavy atom. The van der Waals surface area contributed by atoms with E-state index in [0.29, 0.717) is 39.2 Å². The van der Waals surface area contributed by atoms with E-state index >= 15 is 0 Å². The van der Waals surface area contributed by atoms with Crippen LogP contribution in [0.4, 0.5) is 4.39 Å². The Bertz CT molecular complexity index is 939. The van der Waals surface area contributed by atoms with Crippen molar-refractivity contribution in [1.82, 2.24) is 19.8 Å². The number of rotatable bonds is 8. The van der Waals surface area contributed by atoms with Crippen LogP contribution in [0.1, 0.15) is 18.4 Å². The first-order chi connectivity index (χ1) is 15.8. The highest BCUT2D eigenvalue weighted by Gasteiger charge is 2.35. The molecule has 0 bridgehead atoms. The number of carbonyl (C=O) groups is 2. The van der Waals surface area contributed by atoms with Gasteiger partial charge in [0.05, 0.1) is 31.3 Å². The minimum Gasteiger partial charge on any atom is -0.379 e. The molecule has 2 aliphatic rings. The van der Waals surface area contributed by atoms with Crippen molar-refractivity contribution in [2.75, 3.05) is 59.1 Å². The number of nitrogens with zero attached hydrogens (tertiary/aromatic N) is 2. The molecular formula is C21H31FN4O6S. The average molecular weight is 487 g/mol. The monoisotopic (exact) mass is 486 g/mol. The number of hydrogen-bond acceptors (Lipinski definition) is 7. The zero-order valence-electron chi connectivity index (χ0n) is 18.7. The van der Waals surface area contributed by atoms with Crippen LogP contribution in [0.25, 0.3) is 0 Å². The van der Waals surface area contributed by atoms with Crippen molar-refractivity contribution in [1.29, 1.82) is 0 Å². The summed E-state index contributed by atoms with van der Waals surface area (Å²) in [5, 5.41) is 5.02. The molecule has 2 saturated heterocycles. The molecular weight excluding hydrogens is 455 g/mol. The summed E-state index contributed by atoms with van der Waals surface area (Å²) in [6.45, 7) is 6.08. The second kappa shape index (κ2) is 11.8. The highest BCUT2D eigenvalue weighted by molar-refractivity contribution is 7.89. The molecule has 0 spiro atoms. The summed E-state index contributed by atoms with van der Waals surface area (Å²) in [7, 11) is -3.97. The van der Waals surface area contributed by atoms with Crippen LogP contribution in [0.5, 0.6) is 0 Å². The number of ether oxygens (including phenoxy) is 2. The third-order valence-corrected chi connectivity index (χ3v) is 7.46. The summed E-state index contributed by atoms with van der Waals surface area (Å²) >= 11 is 0. The van der Waals surface area contributed by atoms with Gasteiger partial charge >= 0.3 is 11.8 Å². The Morgan fingerprint density at radius 1 is 1.12 bits per heavy atom. The van der Waals surface area contributed by atoms with Crippen LogP contribution in [-0.2, 0) is 29.1 Å². The van der Waals surface area contributed by atoms with Gasteiger partial charge in [0.2, 0.25) is 10.0 Å². The number of halogens is 1. The Hall–Kier alpha value is -2.12. The fourth-order valence-corrected chi connectivity index (χ4v) is 5.34. The zero-order valence-corrected chi connectivity index (χ0v) is 19.5. The molecule has 33 heavy (non-hydrogen) atoms. The minimum absolute atomic E-state index is 0.0544. The van der Waals surface area contributed by atoms with E-state index in [2.05, 4.69) is 15.5 Å². The van der Waals surface area contributed by atoms with E-state index < -0.39 is 33.9 Å². The van der Waals surface area contributed by atoms with Crippen molar-refractivity contribution < 1.29 is 31.9 Å². The molecule has 0 radical (unpaired) electrons. The number of hydrogen-bond donors (Lipinski definition) is 2. The van der Waals surface area contributed by atoms with Gasteiger partial charge in [0.1, 0.15) is 12.0 Å². The molecule has 1 atom stereocenters. The third kappa shape index (κ3) is 6.93. The maximum Gasteiger partial charge on any atom is 0.309 e. The first kappa shape index (κ1) is 25.5. The Labute approximate surface area is 193 Å². The Kier molecular flexibility index (Phi) is 9.15. The van der Waals surface area contributed by atoms with E-state index in [-0.39, 0.29) is 23.5 Å². The second-order valence-electron chi connectivity index (χ2n) is 7.98. The average Bonchev–Trinajstić information content (AvgIpc) is 2.82. The molecule has 10 nitrogen and oxygen atoms in total. The number of benzene rings is 1. The number of nitrogens with one attached hydrogen (secondary N) is 2. The highest BCUT2D eigenvalue weighted by Crippen LogP contribution is 2.23. The topological polar surface area (TPSA) is 117 Å². The second-order valence-corrected chi connectivity index (χ2v) is 9.87. The largest absolute Gasteiger partial charge is 0.379 e. The van der Waals surface area contributed by atoms with Crippen LogP contribution >= 0.6 is 0 Å². The summed E-state index contributed by atoms with van der Waals surface area (Å²) < 4.78 is 51.7. The molecule has 1 aromatic rings. The van der Waals surface area contributed by atoms with E-state index in [1.54, 1.807) is 0 Å². The van der Waals surface area contributed by atoms with E-state index in [0.717, 1.165) is 30.0 Å². The smallest absolute Gasteiger partial charge is 0.309 e. The summed E-state index contributed by atoms with van der Waals surface area (Å²) in [6.07, 6.45) is 0.216. The number of morpholine rings is 1. The van der Waals surface area contributed by atoms with E-state index in [1.165, 1.54) is 19.1 Å². The molecule has 12 heteroatoms. The normalized spacial score (nSPS) is 20.4. The quantitative estimate of drug-likeness (QED) is 0.387. The summed E-state index contributed by atoms with van der Waals surface area (Å²) in [6, 6.07) is 3.57. The van der Waals surface area contributed by atoms with Crippen molar-refractivity contribution in [3.05, 3.63) is 29.6 Å². The maximum atomic E-state index is 13.6. The van der Waals surface area contributed by atoms with Gasteiger partial charge in [0.15, 0.2) is 0 Å². The predicted molar refractivity (Wildman–Crippen MR) is 117 cm³/mol. The van der Waals surface area contributed by atoms with Gasteiger partial charge < -0.3 is 20.1 Å². The van der Waals surface area contributed by atoms with Gasteiger partial charge in [0.25, 0.3) is 0 Å². The molecule has 184 valence electrons. The van der Waals surface area contributed by atoms with Crippen molar-refractivity contribution in [3.63, 3.8) is 0 Å². The van der Waals surface area contributed by atoms with Crippen LogP contribution < -0.4 is 10.6 Å². The van der Waals surface area contributed by atoms with Gasteiger partial charge in [-0.1, -0.05) is 0 Å². The molecule has 2 fully saturated rings. The molecule has 1 unspecified atom stereocenters. The Balaban J connectivity index is 1.49. The van der Waals surface area contributed by atoms with Crippen LogP contribution in [0.3, 0.4) is 0 Å². The molecule has 2 amide bonds. The van der Waals surface area contributed by atoms with E-state index in [9.17, 15) is 22.4 Å². The van der Waals surface area contributed by atoms with Gasteiger partial charge in [0, 0.05) is 26.2 Å². The van der Waals surface area contributed by atoms with Crippen LogP contribution in [0.15, 0.2) is 23.1 Å². The number of amides is 2. The van der Waals surface area contributed by atoms with E-state index in [4.69, 9.17) is 9.47 Å². The Morgan fingerprint density at radius 2 is 1.85 bits per heavy atom. The van der Waals surface area contributed by atoms with Crippen molar-refractivity contribution in [2.24, 2.45) is 0 Å². The standard InChI is InChI=1S/C21H31FN4O6S/c1-16-14-17(4-5-18(16)22)33(29,30)26-8-3-11-32-19(26)15-24-21(28)20(27)23-6-2-7-25-9-12-31-13-10-25/h4-5,14,19H,2-3,6-13,15H2,1H3,(H,23,27)(H,24,28). The van der Waals surface area contributed by atoms with Crippen molar-refractivity contribution in [2.45, 2.75) is 30.9 Å². The van der Waals surface area contributed by atoms with Crippen LogP contribution in [-0.4, -0.2) is 94.8 Å². The molecule has 0 aliphatic carbocycles. The van der Waals surface area contributed by atoms with Gasteiger partial charge in [-0.2, -0.15) is 4.31 Å². The first-order valence-corrected chi connectivity index (χ1v) is 12.5. The van der Waals surface area contributed by atoms with E-state index in [1.807, 2.05) is 0 Å². The van der Waals surface area contributed by atoms with Gasteiger partial charge in [-0.05, 0) is 50.1 Å². The summed E-state index contributed by atoms with van der Waals surface area (Å²) in [5.74, 6) is -2.13. The highest BCUT2D eigenvalue weighted by atomic mass is 32.2. The van der Waals surface area contributed by atoms with Gasteiger partial charge in [-0.15, -0.1) is 0 Å². The molecule has 2 N–H and O–H groups in total. The van der Waals surface area contributed by atoms with Gasteiger partial charge in [-0.25, -0.2) is 12.8 Å². The predicted octanol–water partition coefficient (Wildman–Crippen LogP) is -0.174. The number of carbonyl (C=O) groups excluding carboxylic acids is 2. The van der Waals surface area contributed by atoms with Gasteiger partial charge in [-0.3, -0.25) is 14.5 Å². The maximum absolute atomic E-state index is 13.6. The fourth-order valence-electron chi connectivity index (χ4n) is 3.69. The lowest BCUT2D eigenvalue weighted by Crippen LogP contribution is -2.53.